The zero-order valence-corrected chi connectivity index (χ0v) is 20.4. The molecule has 7 nitrogen and oxygen atoms in total. The summed E-state index contributed by atoms with van der Waals surface area (Å²) in [6.45, 7) is 0.411. The molecule has 3 aromatic rings. The lowest BCUT2D eigenvalue weighted by Gasteiger charge is -2.26. The van der Waals surface area contributed by atoms with E-state index in [9.17, 15) is 4.79 Å². The molecule has 0 aromatic heterocycles. The van der Waals surface area contributed by atoms with Crippen LogP contribution < -0.4 is 28.6 Å². The van der Waals surface area contributed by atoms with E-state index in [1.807, 2.05) is 48.5 Å². The van der Waals surface area contributed by atoms with Crippen molar-refractivity contribution in [2.24, 2.45) is 0 Å². The van der Waals surface area contributed by atoms with Gasteiger partial charge in [0.05, 0.1) is 39.9 Å². The third kappa shape index (κ3) is 4.72. The summed E-state index contributed by atoms with van der Waals surface area (Å²) in [4.78, 5) is 14.7. The molecule has 0 aliphatic carbocycles. The molecule has 0 radical (unpaired) electrons. The Morgan fingerprint density at radius 3 is 2.12 bits per heavy atom. The Balaban J connectivity index is 1.68. The highest BCUT2D eigenvalue weighted by Crippen LogP contribution is 2.48. The highest BCUT2D eigenvalue weighted by Gasteiger charge is 2.35. The summed E-state index contributed by atoms with van der Waals surface area (Å²) in [5.74, 6) is 3.05. The van der Waals surface area contributed by atoms with Crippen LogP contribution in [0.2, 0.25) is 0 Å². The maximum absolute atomic E-state index is 13.0. The monoisotopic (exact) mass is 481 g/mol. The number of anilines is 1. The van der Waals surface area contributed by atoms with Crippen molar-refractivity contribution in [3.8, 4) is 28.7 Å². The van der Waals surface area contributed by atoms with Crippen LogP contribution >= 0.6 is 11.8 Å². The fourth-order valence-electron chi connectivity index (χ4n) is 3.85. The molecule has 1 atom stereocenters. The van der Waals surface area contributed by atoms with Gasteiger partial charge in [0.15, 0.2) is 23.0 Å². The van der Waals surface area contributed by atoms with E-state index in [0.29, 0.717) is 46.8 Å². The van der Waals surface area contributed by atoms with Gasteiger partial charge in [-0.05, 0) is 23.3 Å². The lowest BCUT2D eigenvalue weighted by atomic mass is 10.1. The second-order valence-corrected chi connectivity index (χ2v) is 8.56. The Labute approximate surface area is 203 Å². The molecular weight excluding hydrogens is 454 g/mol. The van der Waals surface area contributed by atoms with Crippen LogP contribution in [0.25, 0.3) is 0 Å². The summed E-state index contributed by atoms with van der Waals surface area (Å²) in [6.07, 6.45) is 0. The van der Waals surface area contributed by atoms with Crippen molar-refractivity contribution in [1.82, 2.24) is 0 Å². The van der Waals surface area contributed by atoms with Crippen LogP contribution in [0.1, 0.15) is 16.5 Å². The van der Waals surface area contributed by atoms with Gasteiger partial charge < -0.3 is 23.7 Å². The van der Waals surface area contributed by atoms with Gasteiger partial charge in [0.25, 0.3) is 0 Å². The van der Waals surface area contributed by atoms with Gasteiger partial charge in [-0.15, -0.1) is 11.8 Å². The molecule has 1 saturated heterocycles. The molecule has 1 amide bonds. The number of rotatable bonds is 9. The minimum absolute atomic E-state index is 0.00755. The number of methoxy groups -OCH3 is 4. The fourth-order valence-corrected chi connectivity index (χ4v) is 5.02. The van der Waals surface area contributed by atoms with E-state index in [0.717, 1.165) is 11.1 Å². The standard InChI is InChI=1S/C26H27NO6S/c1-29-20-11-10-18(12-21(20)33-15-17-8-6-5-7-9-17)26-27(24(28)16-34-26)19-13-22(30-2)25(32-4)23(14-19)31-3/h5-14,26H,15-16H2,1-4H3. The predicted octanol–water partition coefficient (Wildman–Crippen LogP) is 5.08. The molecule has 1 fully saturated rings. The molecule has 1 aliphatic rings. The summed E-state index contributed by atoms with van der Waals surface area (Å²) in [5.41, 5.74) is 2.64. The molecular formula is C26H27NO6S. The van der Waals surface area contributed by atoms with Gasteiger partial charge in [0.1, 0.15) is 12.0 Å². The Morgan fingerprint density at radius 1 is 0.824 bits per heavy atom. The first-order valence-corrected chi connectivity index (χ1v) is 11.7. The van der Waals surface area contributed by atoms with Crippen molar-refractivity contribution < 1.29 is 28.5 Å². The molecule has 0 saturated carbocycles. The number of hydrogen-bond acceptors (Lipinski definition) is 7. The molecule has 0 bridgehead atoms. The molecule has 8 heteroatoms. The molecule has 3 aromatic carbocycles. The number of ether oxygens (including phenoxy) is 5. The van der Waals surface area contributed by atoms with Crippen LogP contribution in [0.4, 0.5) is 5.69 Å². The lowest BCUT2D eigenvalue weighted by Crippen LogP contribution is -2.28. The summed E-state index contributed by atoms with van der Waals surface area (Å²) in [5, 5.41) is -0.250. The van der Waals surface area contributed by atoms with E-state index >= 15 is 0 Å². The van der Waals surface area contributed by atoms with E-state index in [1.54, 1.807) is 57.2 Å². The van der Waals surface area contributed by atoms with Gasteiger partial charge in [0.2, 0.25) is 11.7 Å². The summed E-state index contributed by atoms with van der Waals surface area (Å²) >= 11 is 1.55. The molecule has 0 spiro atoms. The summed E-state index contributed by atoms with van der Waals surface area (Å²) in [6, 6.07) is 19.3. The molecule has 178 valence electrons. The van der Waals surface area contributed by atoms with Crippen molar-refractivity contribution in [3.63, 3.8) is 0 Å². The Bertz CT molecular complexity index is 1130. The van der Waals surface area contributed by atoms with Gasteiger partial charge in [0, 0.05) is 12.1 Å². The minimum atomic E-state index is -0.250. The normalized spacial score (nSPS) is 15.2. The Kier molecular flexibility index (Phi) is 7.37. The first-order valence-electron chi connectivity index (χ1n) is 10.7. The van der Waals surface area contributed by atoms with Gasteiger partial charge in [-0.25, -0.2) is 0 Å². The van der Waals surface area contributed by atoms with E-state index < -0.39 is 0 Å². The molecule has 0 N–H and O–H groups in total. The van der Waals surface area contributed by atoms with Crippen LogP contribution in [0.3, 0.4) is 0 Å². The largest absolute Gasteiger partial charge is 0.493 e. The molecule has 34 heavy (non-hydrogen) atoms. The molecule has 1 heterocycles. The second-order valence-electron chi connectivity index (χ2n) is 7.50. The highest BCUT2D eigenvalue weighted by atomic mass is 32.2. The van der Waals surface area contributed by atoms with Crippen molar-refractivity contribution >= 4 is 23.4 Å². The second kappa shape index (κ2) is 10.6. The molecule has 4 rings (SSSR count). The van der Waals surface area contributed by atoms with E-state index in [2.05, 4.69) is 0 Å². The maximum atomic E-state index is 13.0. The maximum Gasteiger partial charge on any atom is 0.238 e. The third-order valence-corrected chi connectivity index (χ3v) is 6.72. The number of carbonyl (C=O) groups is 1. The first-order chi connectivity index (χ1) is 16.6. The van der Waals surface area contributed by atoms with Gasteiger partial charge in [-0.3, -0.25) is 9.69 Å². The fraction of sp³-hybridized carbons (Fsp3) is 0.269. The molecule has 1 unspecified atom stereocenters. The third-order valence-electron chi connectivity index (χ3n) is 5.51. The topological polar surface area (TPSA) is 66.5 Å². The number of nitrogens with zero attached hydrogens (tertiary/aromatic N) is 1. The number of hydrogen-bond donors (Lipinski definition) is 0. The van der Waals surface area contributed by atoms with Crippen molar-refractivity contribution in [2.75, 3.05) is 39.1 Å². The lowest BCUT2D eigenvalue weighted by molar-refractivity contribution is -0.115. The van der Waals surface area contributed by atoms with Crippen molar-refractivity contribution in [3.05, 3.63) is 71.8 Å². The first kappa shape index (κ1) is 23.6. The van der Waals surface area contributed by atoms with Gasteiger partial charge >= 0.3 is 0 Å². The number of amides is 1. The average Bonchev–Trinajstić information content (AvgIpc) is 3.28. The summed E-state index contributed by atoms with van der Waals surface area (Å²) < 4.78 is 28.0. The van der Waals surface area contributed by atoms with Crippen LogP contribution in [0.15, 0.2) is 60.7 Å². The number of benzene rings is 3. The smallest absolute Gasteiger partial charge is 0.238 e. The van der Waals surface area contributed by atoms with Crippen LogP contribution in [-0.4, -0.2) is 40.1 Å². The van der Waals surface area contributed by atoms with Gasteiger partial charge in [-0.2, -0.15) is 0 Å². The van der Waals surface area contributed by atoms with E-state index in [4.69, 9.17) is 23.7 Å². The Morgan fingerprint density at radius 2 is 1.50 bits per heavy atom. The molecule has 1 aliphatic heterocycles. The minimum Gasteiger partial charge on any atom is -0.493 e. The van der Waals surface area contributed by atoms with Crippen molar-refractivity contribution in [2.45, 2.75) is 12.0 Å². The van der Waals surface area contributed by atoms with E-state index in [1.165, 1.54) is 0 Å². The Hall–Kier alpha value is -3.52. The summed E-state index contributed by atoms with van der Waals surface area (Å²) in [7, 11) is 6.27. The van der Waals surface area contributed by atoms with Crippen LogP contribution in [-0.2, 0) is 11.4 Å². The van der Waals surface area contributed by atoms with Crippen LogP contribution in [0, 0.1) is 0 Å². The SMILES string of the molecule is COc1ccc(C2SCC(=O)N2c2cc(OC)c(OC)c(OC)c2)cc1OCc1ccccc1. The number of carbonyl (C=O) groups excluding carboxylic acids is 1. The number of thioether (sulfide) groups is 1. The zero-order chi connectivity index (χ0) is 24.1. The quantitative estimate of drug-likeness (QED) is 0.422. The van der Waals surface area contributed by atoms with E-state index in [-0.39, 0.29) is 11.3 Å². The van der Waals surface area contributed by atoms with Gasteiger partial charge in [-0.1, -0.05) is 36.4 Å². The highest BCUT2D eigenvalue weighted by molar-refractivity contribution is 8.00. The van der Waals surface area contributed by atoms with Crippen LogP contribution in [0.5, 0.6) is 28.7 Å². The van der Waals surface area contributed by atoms with Crippen molar-refractivity contribution in [1.29, 1.82) is 0 Å². The average molecular weight is 482 g/mol. The zero-order valence-electron chi connectivity index (χ0n) is 19.6. The predicted molar refractivity (Wildman–Crippen MR) is 133 cm³/mol.